The molecule has 19 heavy (non-hydrogen) atoms. The molecule has 0 saturated carbocycles. The Labute approximate surface area is 120 Å². The van der Waals surface area contributed by atoms with Crippen LogP contribution in [0.3, 0.4) is 0 Å². The summed E-state index contributed by atoms with van der Waals surface area (Å²) in [6, 6.07) is 2.02. The minimum absolute atomic E-state index is 0.607. The van der Waals surface area contributed by atoms with Crippen LogP contribution in [0, 0.1) is 0 Å². The maximum absolute atomic E-state index is 3.85. The zero-order chi connectivity index (χ0) is 14.3. The highest BCUT2D eigenvalue weighted by Crippen LogP contribution is 2.14. The van der Waals surface area contributed by atoms with Crippen molar-refractivity contribution in [1.82, 2.24) is 15.1 Å². The van der Waals surface area contributed by atoms with E-state index in [0.717, 1.165) is 13.1 Å². The Hall–Kier alpha value is -0.120. The summed E-state index contributed by atoms with van der Waals surface area (Å²) >= 11 is 0. The molecule has 0 aromatic carbocycles. The fourth-order valence-electron chi connectivity index (χ4n) is 3.13. The molecule has 1 aliphatic heterocycles. The van der Waals surface area contributed by atoms with Gasteiger partial charge in [-0.1, -0.05) is 13.8 Å². The second-order valence-electron chi connectivity index (χ2n) is 6.31. The Morgan fingerprint density at radius 1 is 1.11 bits per heavy atom. The lowest BCUT2D eigenvalue weighted by Crippen LogP contribution is -2.44. The lowest BCUT2D eigenvalue weighted by atomic mass is 10.1. The van der Waals surface area contributed by atoms with Gasteiger partial charge in [-0.05, 0) is 66.2 Å². The van der Waals surface area contributed by atoms with Crippen LogP contribution in [-0.2, 0) is 0 Å². The van der Waals surface area contributed by atoms with Gasteiger partial charge in [0, 0.05) is 24.7 Å². The van der Waals surface area contributed by atoms with Crippen molar-refractivity contribution in [3.8, 4) is 0 Å². The van der Waals surface area contributed by atoms with Crippen LogP contribution in [-0.4, -0.2) is 60.6 Å². The molecule has 0 aromatic heterocycles. The first-order valence-electron chi connectivity index (χ1n) is 8.29. The minimum Gasteiger partial charge on any atom is -0.310 e. The van der Waals surface area contributed by atoms with Gasteiger partial charge in [0.2, 0.25) is 0 Å². The van der Waals surface area contributed by atoms with Gasteiger partial charge >= 0.3 is 0 Å². The fourth-order valence-corrected chi connectivity index (χ4v) is 3.13. The molecule has 1 N–H and O–H groups in total. The number of hydrogen-bond acceptors (Lipinski definition) is 3. The Kier molecular flexibility index (Phi) is 7.96. The second kappa shape index (κ2) is 8.93. The van der Waals surface area contributed by atoms with Crippen molar-refractivity contribution in [3.05, 3.63) is 0 Å². The van der Waals surface area contributed by atoms with E-state index in [1.807, 2.05) is 0 Å². The van der Waals surface area contributed by atoms with Gasteiger partial charge in [0.15, 0.2) is 0 Å². The molecule has 2 atom stereocenters. The molecule has 1 fully saturated rings. The molecule has 1 heterocycles. The number of likely N-dealkylation sites (N-methyl/N-ethyl adjacent to an activating group) is 1. The van der Waals surface area contributed by atoms with Crippen molar-refractivity contribution in [2.24, 2.45) is 0 Å². The molecule has 0 amide bonds. The van der Waals surface area contributed by atoms with Crippen molar-refractivity contribution in [3.63, 3.8) is 0 Å². The van der Waals surface area contributed by atoms with E-state index in [9.17, 15) is 0 Å². The molecule has 0 radical (unpaired) electrons. The van der Waals surface area contributed by atoms with Crippen molar-refractivity contribution < 1.29 is 0 Å². The van der Waals surface area contributed by atoms with Crippen LogP contribution in [0.5, 0.6) is 0 Å². The van der Waals surface area contributed by atoms with Crippen LogP contribution < -0.4 is 5.32 Å². The summed E-state index contributed by atoms with van der Waals surface area (Å²) in [5.74, 6) is 0. The van der Waals surface area contributed by atoms with Gasteiger partial charge in [0.05, 0.1) is 0 Å². The van der Waals surface area contributed by atoms with Gasteiger partial charge in [-0.3, -0.25) is 0 Å². The monoisotopic (exact) mass is 269 g/mol. The summed E-state index contributed by atoms with van der Waals surface area (Å²) in [6.07, 6.45) is 3.99. The van der Waals surface area contributed by atoms with Gasteiger partial charge in [-0.25, -0.2) is 0 Å². The van der Waals surface area contributed by atoms with E-state index in [2.05, 4.69) is 49.7 Å². The highest BCUT2D eigenvalue weighted by Gasteiger charge is 2.20. The average molecular weight is 269 g/mol. The zero-order valence-electron chi connectivity index (χ0n) is 13.8. The van der Waals surface area contributed by atoms with Gasteiger partial charge in [0.1, 0.15) is 0 Å². The summed E-state index contributed by atoms with van der Waals surface area (Å²) in [5, 5.41) is 3.85. The summed E-state index contributed by atoms with van der Waals surface area (Å²) in [7, 11) is 0. The van der Waals surface area contributed by atoms with E-state index in [4.69, 9.17) is 0 Å². The highest BCUT2D eigenvalue weighted by atomic mass is 15.2. The number of nitrogens with zero attached hydrogens (tertiary/aromatic N) is 2. The summed E-state index contributed by atoms with van der Waals surface area (Å²) in [6.45, 7) is 17.5. The molecule has 1 rings (SSSR count). The summed E-state index contributed by atoms with van der Waals surface area (Å²) in [5.41, 5.74) is 0. The molecule has 2 unspecified atom stereocenters. The van der Waals surface area contributed by atoms with Crippen LogP contribution in [0.4, 0.5) is 0 Å². The number of rotatable bonds is 7. The van der Waals surface area contributed by atoms with E-state index < -0.39 is 0 Å². The van der Waals surface area contributed by atoms with Crippen LogP contribution >= 0.6 is 0 Å². The molecule has 0 spiro atoms. The molecular formula is C16H35N3. The first-order valence-corrected chi connectivity index (χ1v) is 8.29. The SMILES string of the molecule is CCN(CC)CC(C)NC1CCCN(C(C)C)CC1. The largest absolute Gasteiger partial charge is 0.310 e. The van der Waals surface area contributed by atoms with Crippen molar-refractivity contribution in [1.29, 1.82) is 0 Å². The average Bonchev–Trinajstić information content (AvgIpc) is 2.61. The molecular weight excluding hydrogens is 234 g/mol. The van der Waals surface area contributed by atoms with Crippen LogP contribution in [0.25, 0.3) is 0 Å². The zero-order valence-corrected chi connectivity index (χ0v) is 13.8. The Bertz CT molecular complexity index is 226. The van der Waals surface area contributed by atoms with Crippen molar-refractivity contribution in [2.45, 2.75) is 72.0 Å². The van der Waals surface area contributed by atoms with Crippen LogP contribution in [0.2, 0.25) is 0 Å². The van der Waals surface area contributed by atoms with Crippen LogP contribution in [0.15, 0.2) is 0 Å². The van der Waals surface area contributed by atoms with E-state index >= 15 is 0 Å². The second-order valence-corrected chi connectivity index (χ2v) is 6.31. The predicted octanol–water partition coefficient (Wildman–Crippen LogP) is 2.57. The Morgan fingerprint density at radius 3 is 2.37 bits per heavy atom. The van der Waals surface area contributed by atoms with E-state index in [0.29, 0.717) is 18.1 Å². The molecule has 3 nitrogen and oxygen atoms in total. The molecule has 0 bridgehead atoms. The maximum atomic E-state index is 3.85. The van der Waals surface area contributed by atoms with E-state index in [1.54, 1.807) is 0 Å². The summed E-state index contributed by atoms with van der Waals surface area (Å²) in [4.78, 5) is 5.13. The first kappa shape index (κ1) is 16.9. The van der Waals surface area contributed by atoms with E-state index in [1.165, 1.54) is 38.9 Å². The summed E-state index contributed by atoms with van der Waals surface area (Å²) < 4.78 is 0. The standard InChI is InChI=1S/C16H35N3/c1-6-18(7-2)13-15(5)17-16-9-8-11-19(12-10-16)14(3)4/h14-17H,6-13H2,1-5H3. The van der Waals surface area contributed by atoms with Crippen molar-refractivity contribution in [2.75, 3.05) is 32.7 Å². The number of hydrogen-bond donors (Lipinski definition) is 1. The Balaban J connectivity index is 2.32. The Morgan fingerprint density at radius 2 is 1.79 bits per heavy atom. The van der Waals surface area contributed by atoms with Crippen LogP contribution in [0.1, 0.15) is 53.9 Å². The minimum atomic E-state index is 0.607. The topological polar surface area (TPSA) is 18.5 Å². The molecule has 1 aliphatic rings. The van der Waals surface area contributed by atoms with Gasteiger partial charge in [-0.2, -0.15) is 0 Å². The number of nitrogens with one attached hydrogen (secondary N) is 1. The fraction of sp³-hybridized carbons (Fsp3) is 1.00. The van der Waals surface area contributed by atoms with Gasteiger partial charge in [-0.15, -0.1) is 0 Å². The molecule has 0 aromatic rings. The third kappa shape index (κ3) is 6.24. The van der Waals surface area contributed by atoms with Gasteiger partial charge in [0.25, 0.3) is 0 Å². The quantitative estimate of drug-likeness (QED) is 0.766. The van der Waals surface area contributed by atoms with E-state index in [-0.39, 0.29) is 0 Å². The first-order chi connectivity index (χ1) is 9.06. The third-order valence-electron chi connectivity index (χ3n) is 4.44. The molecule has 0 aliphatic carbocycles. The molecule has 3 heteroatoms. The predicted molar refractivity (Wildman–Crippen MR) is 84.7 cm³/mol. The lowest BCUT2D eigenvalue weighted by molar-refractivity contribution is 0.225. The lowest BCUT2D eigenvalue weighted by Gasteiger charge is -2.28. The number of likely N-dealkylation sites (tertiary alicyclic amines) is 1. The normalized spacial score (nSPS) is 23.8. The van der Waals surface area contributed by atoms with Crippen molar-refractivity contribution >= 4 is 0 Å². The smallest absolute Gasteiger partial charge is 0.0169 e. The highest BCUT2D eigenvalue weighted by molar-refractivity contribution is 4.79. The maximum Gasteiger partial charge on any atom is 0.0169 e. The third-order valence-corrected chi connectivity index (χ3v) is 4.44. The molecule has 1 saturated heterocycles. The van der Waals surface area contributed by atoms with Gasteiger partial charge < -0.3 is 15.1 Å². The molecule has 114 valence electrons.